The SMILES string of the molecule is COc1ccc(S(=O)(=O)N(C)C)cc1NC(=O)C1(S(=O)(=O)c2ccc(C)c(C)c2)CCCC1. The van der Waals surface area contributed by atoms with Crippen molar-refractivity contribution < 1.29 is 26.4 Å². The molecule has 2 aromatic rings. The molecule has 3 rings (SSSR count). The molecular weight excluding hydrogens is 464 g/mol. The van der Waals surface area contributed by atoms with Crippen molar-refractivity contribution in [1.82, 2.24) is 4.31 Å². The van der Waals surface area contributed by atoms with Crippen molar-refractivity contribution in [3.8, 4) is 5.75 Å². The summed E-state index contributed by atoms with van der Waals surface area (Å²) < 4.78 is 57.3. The minimum Gasteiger partial charge on any atom is -0.495 e. The molecule has 8 nitrogen and oxygen atoms in total. The summed E-state index contributed by atoms with van der Waals surface area (Å²) in [6, 6.07) is 8.98. The molecule has 0 aromatic heterocycles. The second-order valence-electron chi connectivity index (χ2n) is 8.55. The Morgan fingerprint density at radius 2 is 1.55 bits per heavy atom. The number of hydrogen-bond donors (Lipinski definition) is 1. The number of sulfone groups is 1. The number of methoxy groups -OCH3 is 1. The third-order valence-electron chi connectivity index (χ3n) is 6.33. The molecule has 0 atom stereocenters. The molecule has 0 radical (unpaired) electrons. The molecule has 0 aliphatic heterocycles. The van der Waals surface area contributed by atoms with E-state index in [0.717, 1.165) is 15.4 Å². The Morgan fingerprint density at radius 3 is 2.09 bits per heavy atom. The number of carbonyl (C=O) groups excluding carboxylic acids is 1. The van der Waals surface area contributed by atoms with E-state index in [4.69, 9.17) is 4.74 Å². The lowest BCUT2D eigenvalue weighted by Crippen LogP contribution is -2.47. The highest BCUT2D eigenvalue weighted by Gasteiger charge is 2.53. The average Bonchev–Trinajstić information content (AvgIpc) is 3.27. The van der Waals surface area contributed by atoms with Gasteiger partial charge in [-0.2, -0.15) is 0 Å². The van der Waals surface area contributed by atoms with Crippen LogP contribution in [0, 0.1) is 13.8 Å². The van der Waals surface area contributed by atoms with E-state index < -0.39 is 30.5 Å². The van der Waals surface area contributed by atoms with Crippen molar-refractivity contribution in [2.75, 3.05) is 26.5 Å². The molecule has 1 aliphatic rings. The Hall–Kier alpha value is -2.43. The van der Waals surface area contributed by atoms with Crippen LogP contribution in [0.15, 0.2) is 46.2 Å². The molecule has 10 heteroatoms. The third kappa shape index (κ3) is 4.39. The van der Waals surface area contributed by atoms with Crippen LogP contribution in [0.2, 0.25) is 0 Å². The summed E-state index contributed by atoms with van der Waals surface area (Å²) in [5.74, 6) is -0.450. The van der Waals surface area contributed by atoms with Crippen molar-refractivity contribution in [3.63, 3.8) is 0 Å². The van der Waals surface area contributed by atoms with Gasteiger partial charge in [-0.15, -0.1) is 0 Å². The van der Waals surface area contributed by atoms with Gasteiger partial charge in [-0.25, -0.2) is 21.1 Å². The predicted molar refractivity (Wildman–Crippen MR) is 127 cm³/mol. The van der Waals surface area contributed by atoms with Crippen LogP contribution in [0.4, 0.5) is 5.69 Å². The van der Waals surface area contributed by atoms with Gasteiger partial charge >= 0.3 is 0 Å². The first-order valence-corrected chi connectivity index (χ1v) is 13.5. The number of amides is 1. The van der Waals surface area contributed by atoms with E-state index in [1.165, 1.54) is 45.5 Å². The Bertz CT molecular complexity index is 1280. The fourth-order valence-corrected chi connectivity index (χ4v) is 7.14. The van der Waals surface area contributed by atoms with Gasteiger partial charge in [-0.1, -0.05) is 18.9 Å². The van der Waals surface area contributed by atoms with Crippen LogP contribution < -0.4 is 10.1 Å². The summed E-state index contributed by atoms with van der Waals surface area (Å²) in [6.45, 7) is 3.72. The van der Waals surface area contributed by atoms with E-state index >= 15 is 0 Å². The molecule has 1 fully saturated rings. The minimum absolute atomic E-state index is 0.0407. The summed E-state index contributed by atoms with van der Waals surface area (Å²) in [6.07, 6.45) is 1.57. The second-order valence-corrected chi connectivity index (χ2v) is 13.0. The Morgan fingerprint density at radius 1 is 0.939 bits per heavy atom. The van der Waals surface area contributed by atoms with Gasteiger partial charge in [0.15, 0.2) is 14.6 Å². The summed E-state index contributed by atoms with van der Waals surface area (Å²) in [4.78, 5) is 13.6. The number of nitrogens with zero attached hydrogens (tertiary/aromatic N) is 1. The molecular formula is C23H30N2O6S2. The van der Waals surface area contributed by atoms with E-state index in [-0.39, 0.29) is 34.1 Å². The van der Waals surface area contributed by atoms with E-state index in [1.807, 2.05) is 13.8 Å². The molecule has 0 heterocycles. The van der Waals surface area contributed by atoms with Crippen LogP contribution in [0.1, 0.15) is 36.8 Å². The smallest absolute Gasteiger partial charge is 0.246 e. The van der Waals surface area contributed by atoms with Crippen molar-refractivity contribution in [3.05, 3.63) is 47.5 Å². The number of hydrogen-bond acceptors (Lipinski definition) is 6. The first-order chi connectivity index (χ1) is 15.4. The molecule has 0 saturated heterocycles. The Kier molecular flexibility index (Phi) is 6.93. The van der Waals surface area contributed by atoms with Gasteiger partial charge in [0.05, 0.1) is 22.6 Å². The van der Waals surface area contributed by atoms with Crippen LogP contribution in [0.3, 0.4) is 0 Å². The Labute approximate surface area is 195 Å². The number of sulfonamides is 1. The fraction of sp³-hybridized carbons (Fsp3) is 0.435. The first-order valence-electron chi connectivity index (χ1n) is 10.6. The lowest BCUT2D eigenvalue weighted by atomic mass is 10.1. The van der Waals surface area contributed by atoms with Crippen molar-refractivity contribution in [1.29, 1.82) is 0 Å². The number of aryl methyl sites for hydroxylation is 2. The molecule has 1 saturated carbocycles. The predicted octanol–water partition coefficient (Wildman–Crippen LogP) is 3.29. The maximum absolute atomic E-state index is 13.7. The number of benzene rings is 2. The quantitative estimate of drug-likeness (QED) is 0.633. The molecule has 33 heavy (non-hydrogen) atoms. The van der Waals surface area contributed by atoms with Gasteiger partial charge in [0.25, 0.3) is 0 Å². The van der Waals surface area contributed by atoms with E-state index in [2.05, 4.69) is 5.32 Å². The van der Waals surface area contributed by atoms with Crippen LogP contribution >= 0.6 is 0 Å². The topological polar surface area (TPSA) is 110 Å². The largest absolute Gasteiger partial charge is 0.495 e. The highest BCUT2D eigenvalue weighted by molar-refractivity contribution is 7.93. The van der Waals surface area contributed by atoms with Gasteiger partial charge in [-0.3, -0.25) is 4.79 Å². The van der Waals surface area contributed by atoms with Crippen LogP contribution in [0.25, 0.3) is 0 Å². The van der Waals surface area contributed by atoms with Gasteiger partial charge in [0, 0.05) is 14.1 Å². The van der Waals surface area contributed by atoms with Crippen LogP contribution in [-0.4, -0.2) is 53.0 Å². The summed E-state index contributed by atoms with van der Waals surface area (Å²) in [5, 5.41) is 2.67. The highest BCUT2D eigenvalue weighted by atomic mass is 32.2. The second kappa shape index (κ2) is 9.08. The van der Waals surface area contributed by atoms with Gasteiger partial charge < -0.3 is 10.1 Å². The van der Waals surface area contributed by atoms with Crippen LogP contribution in [0.5, 0.6) is 5.75 Å². The summed E-state index contributed by atoms with van der Waals surface area (Å²) in [7, 11) is -3.58. The molecule has 1 amide bonds. The third-order valence-corrected chi connectivity index (χ3v) is 10.6. The van der Waals surface area contributed by atoms with Crippen molar-refractivity contribution in [2.45, 2.75) is 54.1 Å². The van der Waals surface area contributed by atoms with E-state index in [9.17, 15) is 21.6 Å². The zero-order chi connectivity index (χ0) is 24.6. The summed E-state index contributed by atoms with van der Waals surface area (Å²) in [5.41, 5.74) is 1.89. The maximum Gasteiger partial charge on any atom is 0.246 e. The lowest BCUT2D eigenvalue weighted by Gasteiger charge is -2.28. The number of ether oxygens (including phenoxy) is 1. The molecule has 1 N–H and O–H groups in total. The molecule has 180 valence electrons. The lowest BCUT2D eigenvalue weighted by molar-refractivity contribution is -0.118. The van der Waals surface area contributed by atoms with Crippen LogP contribution in [-0.2, 0) is 24.7 Å². The van der Waals surface area contributed by atoms with E-state index in [1.54, 1.807) is 12.1 Å². The molecule has 2 aromatic carbocycles. The Balaban J connectivity index is 2.06. The zero-order valence-electron chi connectivity index (χ0n) is 19.5. The normalized spacial score (nSPS) is 16.1. The molecule has 0 bridgehead atoms. The molecule has 0 unspecified atom stereocenters. The average molecular weight is 495 g/mol. The fourth-order valence-electron chi connectivity index (χ4n) is 4.06. The van der Waals surface area contributed by atoms with E-state index in [0.29, 0.717) is 12.8 Å². The highest BCUT2D eigenvalue weighted by Crippen LogP contribution is 2.42. The standard InChI is InChI=1S/C23H30N2O6S2/c1-16-8-9-18(14-17(16)2)32(27,28)23(12-6-7-13-23)22(26)24-20-15-19(10-11-21(20)31-5)33(29,30)25(3)4/h8-11,14-15H,6-7,12-13H2,1-5H3,(H,24,26). The summed E-state index contributed by atoms with van der Waals surface area (Å²) >= 11 is 0. The maximum atomic E-state index is 13.7. The zero-order valence-corrected chi connectivity index (χ0v) is 21.1. The number of anilines is 1. The van der Waals surface area contributed by atoms with Crippen molar-refractivity contribution in [2.24, 2.45) is 0 Å². The molecule has 0 spiro atoms. The molecule has 1 aliphatic carbocycles. The van der Waals surface area contributed by atoms with Crippen molar-refractivity contribution >= 4 is 31.5 Å². The number of rotatable bonds is 7. The van der Waals surface area contributed by atoms with Gasteiger partial charge in [-0.05, 0) is 68.1 Å². The van der Waals surface area contributed by atoms with Gasteiger partial charge in [0.2, 0.25) is 15.9 Å². The monoisotopic (exact) mass is 494 g/mol. The minimum atomic E-state index is -4.01. The number of nitrogens with one attached hydrogen (secondary N) is 1. The first kappa shape index (κ1) is 25.2. The van der Waals surface area contributed by atoms with Gasteiger partial charge in [0.1, 0.15) is 5.75 Å². The number of carbonyl (C=O) groups is 1.